The lowest BCUT2D eigenvalue weighted by atomic mass is 10.1. The van der Waals surface area contributed by atoms with Crippen molar-refractivity contribution in [2.45, 2.75) is 32.4 Å². The number of rotatable bonds is 7. The van der Waals surface area contributed by atoms with Gasteiger partial charge in [-0.3, -0.25) is 4.79 Å². The molecule has 0 bridgehead atoms. The summed E-state index contributed by atoms with van der Waals surface area (Å²) in [6, 6.07) is -0.511. The Kier molecular flexibility index (Phi) is 5.51. The average Bonchev–Trinajstić information content (AvgIpc) is 2.34. The SMILES string of the molecule is CCC[C@@H](NCc1cnc(N(C)C)nc1)C(=O)O. The summed E-state index contributed by atoms with van der Waals surface area (Å²) in [7, 11) is 3.74. The summed E-state index contributed by atoms with van der Waals surface area (Å²) in [5.74, 6) is -0.176. The molecule has 6 heteroatoms. The molecule has 0 saturated carbocycles. The quantitative estimate of drug-likeness (QED) is 0.750. The maximum absolute atomic E-state index is 11.0. The Morgan fingerprint density at radius 1 is 1.44 bits per heavy atom. The van der Waals surface area contributed by atoms with E-state index in [-0.39, 0.29) is 0 Å². The molecule has 1 aromatic rings. The maximum Gasteiger partial charge on any atom is 0.320 e. The summed E-state index contributed by atoms with van der Waals surface area (Å²) in [4.78, 5) is 21.1. The van der Waals surface area contributed by atoms with Crippen molar-refractivity contribution >= 4 is 11.9 Å². The molecule has 100 valence electrons. The Balaban J connectivity index is 2.54. The second-order valence-electron chi connectivity index (χ2n) is 4.35. The third-order valence-corrected chi connectivity index (χ3v) is 2.52. The number of nitrogens with one attached hydrogen (secondary N) is 1. The molecule has 1 atom stereocenters. The van der Waals surface area contributed by atoms with Crippen LogP contribution in [0.15, 0.2) is 12.4 Å². The highest BCUT2D eigenvalue weighted by Gasteiger charge is 2.15. The average molecular weight is 252 g/mol. The largest absolute Gasteiger partial charge is 0.480 e. The van der Waals surface area contributed by atoms with Gasteiger partial charge in [-0.25, -0.2) is 9.97 Å². The van der Waals surface area contributed by atoms with Gasteiger partial charge in [0.25, 0.3) is 0 Å². The second-order valence-corrected chi connectivity index (χ2v) is 4.35. The molecule has 18 heavy (non-hydrogen) atoms. The fourth-order valence-corrected chi connectivity index (χ4v) is 1.51. The van der Waals surface area contributed by atoms with Crippen LogP contribution < -0.4 is 10.2 Å². The molecule has 0 unspecified atom stereocenters. The summed E-state index contributed by atoms with van der Waals surface area (Å²) in [5, 5.41) is 12.0. The molecular weight excluding hydrogens is 232 g/mol. The molecular formula is C12H20N4O2. The van der Waals surface area contributed by atoms with Crippen molar-refractivity contribution in [2.24, 2.45) is 0 Å². The van der Waals surface area contributed by atoms with Gasteiger partial charge in [-0.15, -0.1) is 0 Å². The second kappa shape index (κ2) is 6.90. The van der Waals surface area contributed by atoms with Crippen LogP contribution in [0.4, 0.5) is 5.95 Å². The van der Waals surface area contributed by atoms with Crippen molar-refractivity contribution < 1.29 is 9.90 Å². The first kappa shape index (κ1) is 14.4. The van der Waals surface area contributed by atoms with Gasteiger partial charge < -0.3 is 15.3 Å². The van der Waals surface area contributed by atoms with E-state index in [0.717, 1.165) is 12.0 Å². The molecule has 6 nitrogen and oxygen atoms in total. The maximum atomic E-state index is 11.0. The van der Waals surface area contributed by atoms with Crippen LogP contribution in [0, 0.1) is 0 Å². The van der Waals surface area contributed by atoms with E-state index in [1.807, 2.05) is 25.9 Å². The van der Waals surface area contributed by atoms with Crippen LogP contribution in [0.3, 0.4) is 0 Å². The van der Waals surface area contributed by atoms with E-state index < -0.39 is 12.0 Å². The number of carboxylic acids is 1. The van der Waals surface area contributed by atoms with Gasteiger partial charge in [-0.05, 0) is 6.42 Å². The first-order valence-electron chi connectivity index (χ1n) is 5.99. The van der Waals surface area contributed by atoms with E-state index in [2.05, 4.69) is 15.3 Å². The number of hydrogen-bond acceptors (Lipinski definition) is 5. The Bertz CT molecular complexity index is 378. The van der Waals surface area contributed by atoms with Gasteiger partial charge in [-0.1, -0.05) is 13.3 Å². The molecule has 1 rings (SSSR count). The van der Waals surface area contributed by atoms with Crippen molar-refractivity contribution in [3.8, 4) is 0 Å². The zero-order valence-electron chi connectivity index (χ0n) is 11.1. The van der Waals surface area contributed by atoms with Gasteiger partial charge in [0.2, 0.25) is 5.95 Å². The third-order valence-electron chi connectivity index (χ3n) is 2.52. The molecule has 0 aliphatic heterocycles. The minimum atomic E-state index is -0.817. The monoisotopic (exact) mass is 252 g/mol. The van der Waals surface area contributed by atoms with Gasteiger partial charge in [0.15, 0.2) is 0 Å². The molecule has 2 N–H and O–H groups in total. The fraction of sp³-hybridized carbons (Fsp3) is 0.583. The van der Waals surface area contributed by atoms with Gasteiger partial charge in [0.05, 0.1) is 0 Å². The summed E-state index contributed by atoms with van der Waals surface area (Å²) < 4.78 is 0. The van der Waals surface area contributed by atoms with E-state index in [1.54, 1.807) is 12.4 Å². The third kappa shape index (κ3) is 4.29. The smallest absolute Gasteiger partial charge is 0.320 e. The molecule has 0 fully saturated rings. The molecule has 0 aliphatic carbocycles. The number of aromatic nitrogens is 2. The van der Waals surface area contributed by atoms with Gasteiger partial charge in [0, 0.05) is 38.6 Å². The minimum Gasteiger partial charge on any atom is -0.480 e. The zero-order chi connectivity index (χ0) is 13.5. The van der Waals surface area contributed by atoms with Crippen LogP contribution in [0.5, 0.6) is 0 Å². The Morgan fingerprint density at radius 2 is 2.06 bits per heavy atom. The number of aliphatic carboxylic acids is 1. The highest BCUT2D eigenvalue weighted by atomic mass is 16.4. The molecule has 0 aromatic carbocycles. The Labute approximate surface area is 107 Å². The molecule has 0 saturated heterocycles. The lowest BCUT2D eigenvalue weighted by Gasteiger charge is -2.14. The Morgan fingerprint density at radius 3 is 2.50 bits per heavy atom. The zero-order valence-corrected chi connectivity index (χ0v) is 11.1. The van der Waals surface area contributed by atoms with Gasteiger partial charge >= 0.3 is 5.97 Å². The Hall–Kier alpha value is -1.69. The van der Waals surface area contributed by atoms with Crippen LogP contribution in [-0.2, 0) is 11.3 Å². The molecule has 0 amide bonds. The van der Waals surface area contributed by atoms with E-state index in [1.165, 1.54) is 0 Å². The van der Waals surface area contributed by atoms with Crippen LogP contribution in [0.2, 0.25) is 0 Å². The number of hydrogen-bond donors (Lipinski definition) is 2. The summed E-state index contributed by atoms with van der Waals surface area (Å²) in [5.41, 5.74) is 0.878. The van der Waals surface area contributed by atoms with E-state index in [4.69, 9.17) is 5.11 Å². The highest BCUT2D eigenvalue weighted by molar-refractivity contribution is 5.73. The highest BCUT2D eigenvalue weighted by Crippen LogP contribution is 2.04. The first-order chi connectivity index (χ1) is 8.54. The molecule has 1 heterocycles. The lowest BCUT2D eigenvalue weighted by molar-refractivity contribution is -0.139. The van der Waals surface area contributed by atoms with Crippen LogP contribution in [0.25, 0.3) is 0 Å². The predicted molar refractivity (Wildman–Crippen MR) is 69.5 cm³/mol. The van der Waals surface area contributed by atoms with Crippen LogP contribution in [-0.4, -0.2) is 41.2 Å². The van der Waals surface area contributed by atoms with E-state index >= 15 is 0 Å². The predicted octanol–water partition coefficient (Wildman–Crippen LogP) is 0.885. The molecule has 0 aliphatic rings. The van der Waals surface area contributed by atoms with Crippen molar-refractivity contribution in [3.63, 3.8) is 0 Å². The van der Waals surface area contributed by atoms with Crippen LogP contribution >= 0.6 is 0 Å². The number of carbonyl (C=O) groups is 1. The van der Waals surface area contributed by atoms with Crippen LogP contribution in [0.1, 0.15) is 25.3 Å². The lowest BCUT2D eigenvalue weighted by Crippen LogP contribution is -2.36. The number of carboxylic acid groups (broad SMARTS) is 1. The van der Waals surface area contributed by atoms with E-state index in [0.29, 0.717) is 18.9 Å². The van der Waals surface area contributed by atoms with Gasteiger partial charge in [0.1, 0.15) is 6.04 Å². The van der Waals surface area contributed by atoms with Crippen molar-refractivity contribution in [2.75, 3.05) is 19.0 Å². The number of nitrogens with zero attached hydrogens (tertiary/aromatic N) is 3. The minimum absolute atomic E-state index is 0.463. The van der Waals surface area contributed by atoms with Crippen molar-refractivity contribution in [1.29, 1.82) is 0 Å². The molecule has 1 aromatic heterocycles. The molecule has 0 spiro atoms. The summed E-state index contributed by atoms with van der Waals surface area (Å²) >= 11 is 0. The normalized spacial score (nSPS) is 12.2. The number of anilines is 1. The van der Waals surface area contributed by atoms with Gasteiger partial charge in [-0.2, -0.15) is 0 Å². The standard InChI is InChI=1S/C12H20N4O2/c1-4-5-10(11(17)18)13-6-9-7-14-12(15-8-9)16(2)3/h7-8,10,13H,4-6H2,1-3H3,(H,17,18)/t10-/m1/s1. The molecule has 0 radical (unpaired) electrons. The van der Waals surface area contributed by atoms with E-state index in [9.17, 15) is 4.79 Å². The van der Waals surface area contributed by atoms with Crippen molar-refractivity contribution in [3.05, 3.63) is 18.0 Å². The summed E-state index contributed by atoms with van der Waals surface area (Å²) in [6.45, 7) is 2.43. The first-order valence-corrected chi connectivity index (χ1v) is 5.99. The van der Waals surface area contributed by atoms with Crippen molar-refractivity contribution in [1.82, 2.24) is 15.3 Å². The topological polar surface area (TPSA) is 78.4 Å². The fourth-order valence-electron chi connectivity index (χ4n) is 1.51. The summed E-state index contributed by atoms with van der Waals surface area (Å²) in [6.07, 6.45) is 4.87.